The molecule has 0 fully saturated rings. The second-order valence-electron chi connectivity index (χ2n) is 4.88. The number of hydrogen-bond acceptors (Lipinski definition) is 2. The average Bonchev–Trinajstić information content (AvgIpc) is 2.75. The Hall–Kier alpha value is -1.06. The van der Waals surface area contributed by atoms with Gasteiger partial charge in [0.25, 0.3) is 0 Å². The van der Waals surface area contributed by atoms with Crippen molar-refractivity contribution in [3.8, 4) is 0 Å². The van der Waals surface area contributed by atoms with Crippen LogP contribution in [-0.2, 0) is 6.42 Å². The first kappa shape index (κ1) is 13.4. The molecule has 0 radical (unpaired) electrons. The van der Waals surface area contributed by atoms with E-state index in [1.54, 1.807) is 12.1 Å². The van der Waals surface area contributed by atoms with E-state index in [9.17, 15) is 5.11 Å². The van der Waals surface area contributed by atoms with E-state index in [4.69, 9.17) is 4.42 Å². The minimum atomic E-state index is -0.704. The molecule has 0 aliphatic heterocycles. The molecule has 0 saturated heterocycles. The summed E-state index contributed by atoms with van der Waals surface area (Å²) in [6.07, 6.45) is 0.354. The van der Waals surface area contributed by atoms with Gasteiger partial charge in [0.1, 0.15) is 11.9 Å². The van der Waals surface area contributed by atoms with E-state index in [0.717, 1.165) is 12.0 Å². The minimum absolute atomic E-state index is 0.554. The molecule has 1 unspecified atom stereocenters. The van der Waals surface area contributed by atoms with Crippen LogP contribution in [0.3, 0.4) is 0 Å². The van der Waals surface area contributed by atoms with Gasteiger partial charge in [0.15, 0.2) is 4.67 Å². The van der Waals surface area contributed by atoms with Crippen LogP contribution in [-0.4, -0.2) is 5.11 Å². The quantitative estimate of drug-likeness (QED) is 0.912. The summed E-state index contributed by atoms with van der Waals surface area (Å²) < 4.78 is 5.99. The van der Waals surface area contributed by atoms with Gasteiger partial charge in [-0.1, -0.05) is 38.1 Å². The lowest BCUT2D eigenvalue weighted by Crippen LogP contribution is -1.99. The SMILES string of the molecule is CC(C)Cc1ccc(C(O)c2ccc(Br)o2)cc1. The zero-order valence-corrected chi connectivity index (χ0v) is 12.1. The Morgan fingerprint density at radius 1 is 1.11 bits per heavy atom. The second-order valence-corrected chi connectivity index (χ2v) is 5.67. The van der Waals surface area contributed by atoms with Crippen LogP contribution in [0.4, 0.5) is 0 Å². The highest BCUT2D eigenvalue weighted by molar-refractivity contribution is 9.10. The first-order valence-electron chi connectivity index (χ1n) is 6.08. The number of rotatable bonds is 4. The van der Waals surface area contributed by atoms with Crippen molar-refractivity contribution >= 4 is 15.9 Å². The van der Waals surface area contributed by atoms with Crippen LogP contribution in [0.15, 0.2) is 45.5 Å². The molecule has 1 aromatic carbocycles. The number of halogens is 1. The van der Waals surface area contributed by atoms with E-state index in [2.05, 4.69) is 41.9 Å². The molecular formula is C15H17BrO2. The van der Waals surface area contributed by atoms with Gasteiger partial charge < -0.3 is 9.52 Å². The van der Waals surface area contributed by atoms with E-state index in [0.29, 0.717) is 16.3 Å². The number of benzene rings is 1. The predicted molar refractivity (Wildman–Crippen MR) is 75.5 cm³/mol. The van der Waals surface area contributed by atoms with Crippen LogP contribution in [0.2, 0.25) is 0 Å². The summed E-state index contributed by atoms with van der Waals surface area (Å²) in [5.74, 6) is 1.19. The maximum atomic E-state index is 10.2. The molecule has 18 heavy (non-hydrogen) atoms. The van der Waals surface area contributed by atoms with Gasteiger partial charge in [-0.2, -0.15) is 0 Å². The van der Waals surface area contributed by atoms with Crippen LogP contribution in [0.25, 0.3) is 0 Å². The van der Waals surface area contributed by atoms with Crippen molar-refractivity contribution < 1.29 is 9.52 Å². The van der Waals surface area contributed by atoms with E-state index >= 15 is 0 Å². The summed E-state index contributed by atoms with van der Waals surface area (Å²) in [5, 5.41) is 10.2. The van der Waals surface area contributed by atoms with Gasteiger partial charge in [-0.25, -0.2) is 0 Å². The molecule has 0 bridgehead atoms. The zero-order chi connectivity index (χ0) is 13.1. The number of aliphatic hydroxyl groups is 1. The van der Waals surface area contributed by atoms with Crippen LogP contribution in [0.1, 0.15) is 36.8 Å². The smallest absolute Gasteiger partial charge is 0.169 e. The summed E-state index contributed by atoms with van der Waals surface area (Å²) in [4.78, 5) is 0. The molecule has 2 nitrogen and oxygen atoms in total. The molecule has 0 aliphatic carbocycles. The highest BCUT2D eigenvalue weighted by Crippen LogP contribution is 2.26. The first-order chi connectivity index (χ1) is 8.56. The Balaban J connectivity index is 2.14. The number of aliphatic hydroxyl groups excluding tert-OH is 1. The van der Waals surface area contributed by atoms with Crippen molar-refractivity contribution in [3.05, 3.63) is 58.0 Å². The zero-order valence-electron chi connectivity index (χ0n) is 10.6. The van der Waals surface area contributed by atoms with E-state index in [1.165, 1.54) is 5.56 Å². The Bertz CT molecular complexity index is 499. The van der Waals surface area contributed by atoms with Crippen molar-refractivity contribution in [2.45, 2.75) is 26.4 Å². The molecule has 1 aromatic heterocycles. The highest BCUT2D eigenvalue weighted by atomic mass is 79.9. The summed E-state index contributed by atoms with van der Waals surface area (Å²) >= 11 is 3.23. The third kappa shape index (κ3) is 3.24. The Kier molecular flexibility index (Phi) is 4.25. The van der Waals surface area contributed by atoms with Gasteiger partial charge in [-0.15, -0.1) is 0 Å². The molecular weight excluding hydrogens is 292 g/mol. The van der Waals surface area contributed by atoms with Crippen molar-refractivity contribution in [3.63, 3.8) is 0 Å². The molecule has 1 N–H and O–H groups in total. The van der Waals surface area contributed by atoms with Gasteiger partial charge in [0.2, 0.25) is 0 Å². The van der Waals surface area contributed by atoms with E-state index in [-0.39, 0.29) is 0 Å². The highest BCUT2D eigenvalue weighted by Gasteiger charge is 2.14. The van der Waals surface area contributed by atoms with Crippen LogP contribution in [0.5, 0.6) is 0 Å². The topological polar surface area (TPSA) is 33.4 Å². The predicted octanol–water partition coefficient (Wildman–Crippen LogP) is 4.32. The van der Waals surface area contributed by atoms with Crippen LogP contribution >= 0.6 is 15.9 Å². The molecule has 0 saturated carbocycles. The lowest BCUT2D eigenvalue weighted by atomic mass is 10.00. The third-order valence-electron chi connectivity index (χ3n) is 2.80. The standard InChI is InChI=1S/C15H17BrO2/c1-10(2)9-11-3-5-12(6-4-11)15(17)13-7-8-14(16)18-13/h3-8,10,15,17H,9H2,1-2H3. The van der Waals surface area contributed by atoms with Crippen LogP contribution < -0.4 is 0 Å². The van der Waals surface area contributed by atoms with Gasteiger partial charge in [0.05, 0.1) is 0 Å². The molecule has 1 atom stereocenters. The Morgan fingerprint density at radius 2 is 1.78 bits per heavy atom. The summed E-state index contributed by atoms with van der Waals surface area (Å²) in [6.45, 7) is 4.40. The molecule has 0 aliphatic rings. The third-order valence-corrected chi connectivity index (χ3v) is 3.23. The maximum absolute atomic E-state index is 10.2. The fraction of sp³-hybridized carbons (Fsp3) is 0.333. The summed E-state index contributed by atoms with van der Waals surface area (Å²) in [5.41, 5.74) is 2.14. The van der Waals surface area contributed by atoms with Crippen molar-refractivity contribution in [1.82, 2.24) is 0 Å². The molecule has 2 rings (SSSR count). The van der Waals surface area contributed by atoms with Crippen molar-refractivity contribution in [2.24, 2.45) is 5.92 Å². The number of hydrogen-bond donors (Lipinski definition) is 1. The monoisotopic (exact) mass is 308 g/mol. The largest absolute Gasteiger partial charge is 0.451 e. The normalized spacial score (nSPS) is 12.9. The molecule has 0 spiro atoms. The lowest BCUT2D eigenvalue weighted by Gasteiger charge is -2.10. The number of furan rings is 1. The summed E-state index contributed by atoms with van der Waals surface area (Å²) in [6, 6.07) is 11.6. The van der Waals surface area contributed by atoms with Crippen LogP contribution in [0, 0.1) is 5.92 Å². The van der Waals surface area contributed by atoms with E-state index < -0.39 is 6.10 Å². The molecule has 1 heterocycles. The van der Waals surface area contributed by atoms with Gasteiger partial charge >= 0.3 is 0 Å². The Morgan fingerprint density at radius 3 is 2.28 bits per heavy atom. The van der Waals surface area contributed by atoms with Gasteiger partial charge in [-0.05, 0) is 51.5 Å². The first-order valence-corrected chi connectivity index (χ1v) is 6.87. The van der Waals surface area contributed by atoms with Crippen molar-refractivity contribution in [2.75, 3.05) is 0 Å². The molecule has 2 aromatic rings. The fourth-order valence-corrected chi connectivity index (χ4v) is 2.27. The molecule has 96 valence electrons. The van der Waals surface area contributed by atoms with Gasteiger partial charge in [0, 0.05) is 0 Å². The van der Waals surface area contributed by atoms with E-state index in [1.807, 2.05) is 12.1 Å². The lowest BCUT2D eigenvalue weighted by molar-refractivity contribution is 0.187. The molecule has 3 heteroatoms. The maximum Gasteiger partial charge on any atom is 0.169 e. The Labute approximate surface area is 116 Å². The second kappa shape index (κ2) is 5.72. The average molecular weight is 309 g/mol. The minimum Gasteiger partial charge on any atom is -0.451 e. The fourth-order valence-electron chi connectivity index (χ4n) is 1.95. The van der Waals surface area contributed by atoms with Crippen molar-refractivity contribution in [1.29, 1.82) is 0 Å². The van der Waals surface area contributed by atoms with Gasteiger partial charge in [-0.3, -0.25) is 0 Å². The summed E-state index contributed by atoms with van der Waals surface area (Å²) in [7, 11) is 0. The molecule has 0 amide bonds.